The van der Waals surface area contributed by atoms with E-state index in [9.17, 15) is 0 Å². The van der Waals surface area contributed by atoms with Crippen molar-refractivity contribution in [3.8, 4) is 0 Å². The molecule has 86 valence electrons. The maximum Gasteiger partial charge on any atom is 0.338 e. The first-order valence-corrected chi connectivity index (χ1v) is 8.31. The average Bonchev–Trinajstić information content (AvgIpc) is 2.14. The Balaban J connectivity index is 4.39. The van der Waals surface area contributed by atoms with Gasteiger partial charge in [0.2, 0.25) is 0 Å². The summed E-state index contributed by atoms with van der Waals surface area (Å²) in [5.74, 6) is 0. The van der Waals surface area contributed by atoms with Crippen molar-refractivity contribution < 1.29 is 8.85 Å². The molecule has 0 fully saturated rings. The van der Waals surface area contributed by atoms with Crippen LogP contribution in [0.3, 0.4) is 0 Å². The fourth-order valence-corrected chi connectivity index (χ4v) is 5.29. The van der Waals surface area contributed by atoms with E-state index in [1.807, 2.05) is 0 Å². The molecule has 0 rings (SSSR count). The van der Waals surface area contributed by atoms with Crippen LogP contribution in [0.4, 0.5) is 0 Å². The van der Waals surface area contributed by atoms with Gasteiger partial charge >= 0.3 is 8.56 Å². The van der Waals surface area contributed by atoms with Crippen LogP contribution in [0.15, 0.2) is 0 Å². The minimum atomic E-state index is -1.90. The Bertz CT molecular complexity index is 133. The second kappa shape index (κ2) is 7.43. The molecule has 0 aromatic heterocycles. The van der Waals surface area contributed by atoms with E-state index in [2.05, 4.69) is 34.2 Å². The summed E-state index contributed by atoms with van der Waals surface area (Å²) in [5.41, 5.74) is 0.646. The largest absolute Gasteiger partial charge is 0.394 e. The van der Waals surface area contributed by atoms with E-state index in [1.165, 1.54) is 19.3 Å². The molecular weight excluding hydrogens is 192 g/mol. The number of rotatable bonds is 8. The lowest BCUT2D eigenvalue weighted by Crippen LogP contribution is -2.43. The summed E-state index contributed by atoms with van der Waals surface area (Å²) in [6, 6.07) is 0. The zero-order valence-corrected chi connectivity index (χ0v) is 11.4. The monoisotopic (exact) mass is 218 g/mol. The first-order valence-electron chi connectivity index (χ1n) is 5.92. The van der Waals surface area contributed by atoms with Gasteiger partial charge in [0, 0.05) is 18.8 Å². The first kappa shape index (κ1) is 14.1. The molecule has 14 heavy (non-hydrogen) atoms. The second-order valence-electron chi connectivity index (χ2n) is 3.78. The van der Waals surface area contributed by atoms with Crippen molar-refractivity contribution in [2.45, 2.75) is 59.0 Å². The van der Waals surface area contributed by atoms with Crippen LogP contribution < -0.4 is 0 Å². The SMILES string of the molecule is CCCC(CC)[Si](C)(OCC)OCC. The Hall–Kier alpha value is 0.137. The lowest BCUT2D eigenvalue weighted by Gasteiger charge is -2.33. The van der Waals surface area contributed by atoms with Crippen molar-refractivity contribution >= 4 is 8.56 Å². The van der Waals surface area contributed by atoms with Gasteiger partial charge in [-0.05, 0) is 26.8 Å². The van der Waals surface area contributed by atoms with Crippen LogP contribution in [0.2, 0.25) is 12.1 Å². The minimum absolute atomic E-state index is 0.646. The Morgan fingerprint density at radius 1 is 1.00 bits per heavy atom. The van der Waals surface area contributed by atoms with Crippen molar-refractivity contribution in [3.05, 3.63) is 0 Å². The first-order chi connectivity index (χ1) is 6.64. The Kier molecular flexibility index (Phi) is 7.50. The van der Waals surface area contributed by atoms with E-state index in [0.717, 1.165) is 13.2 Å². The van der Waals surface area contributed by atoms with Crippen molar-refractivity contribution in [1.82, 2.24) is 0 Å². The molecule has 1 unspecified atom stereocenters. The van der Waals surface area contributed by atoms with Gasteiger partial charge in [-0.15, -0.1) is 0 Å². The summed E-state index contributed by atoms with van der Waals surface area (Å²) in [6.07, 6.45) is 3.64. The van der Waals surface area contributed by atoms with E-state index in [4.69, 9.17) is 8.85 Å². The number of hydrogen-bond acceptors (Lipinski definition) is 2. The predicted octanol–water partition coefficient (Wildman–Crippen LogP) is 3.71. The van der Waals surface area contributed by atoms with Gasteiger partial charge in [0.1, 0.15) is 0 Å². The van der Waals surface area contributed by atoms with Gasteiger partial charge in [-0.3, -0.25) is 0 Å². The molecule has 0 amide bonds. The van der Waals surface area contributed by atoms with Gasteiger partial charge in [-0.1, -0.05) is 26.7 Å². The quantitative estimate of drug-likeness (QED) is 0.578. The van der Waals surface area contributed by atoms with Gasteiger partial charge in [-0.25, -0.2) is 0 Å². The van der Waals surface area contributed by atoms with E-state index >= 15 is 0 Å². The molecule has 0 aliphatic heterocycles. The predicted molar refractivity (Wildman–Crippen MR) is 63.8 cm³/mol. The van der Waals surface area contributed by atoms with E-state index < -0.39 is 8.56 Å². The highest BCUT2D eigenvalue weighted by Crippen LogP contribution is 2.31. The van der Waals surface area contributed by atoms with Crippen LogP contribution in [0, 0.1) is 0 Å². The summed E-state index contributed by atoms with van der Waals surface area (Å²) in [7, 11) is -1.90. The molecule has 0 aliphatic rings. The van der Waals surface area contributed by atoms with Crippen molar-refractivity contribution in [3.63, 3.8) is 0 Å². The van der Waals surface area contributed by atoms with E-state index in [-0.39, 0.29) is 0 Å². The van der Waals surface area contributed by atoms with Crippen LogP contribution in [0.1, 0.15) is 47.0 Å². The molecule has 0 aliphatic carbocycles. The van der Waals surface area contributed by atoms with Gasteiger partial charge in [0.05, 0.1) is 0 Å². The maximum absolute atomic E-state index is 5.89. The molecular formula is C11H26O2Si. The molecule has 3 heteroatoms. The second-order valence-corrected chi connectivity index (χ2v) is 7.20. The molecule has 0 saturated heterocycles. The zero-order valence-electron chi connectivity index (χ0n) is 10.4. The molecule has 0 aromatic rings. The molecule has 0 radical (unpaired) electrons. The third-order valence-corrected chi connectivity index (χ3v) is 6.64. The highest BCUT2D eigenvalue weighted by molar-refractivity contribution is 6.67. The summed E-state index contributed by atoms with van der Waals surface area (Å²) < 4.78 is 11.8. The van der Waals surface area contributed by atoms with E-state index in [0.29, 0.717) is 5.54 Å². The molecule has 0 saturated carbocycles. The topological polar surface area (TPSA) is 18.5 Å². The minimum Gasteiger partial charge on any atom is -0.394 e. The van der Waals surface area contributed by atoms with Crippen LogP contribution in [-0.2, 0) is 8.85 Å². The van der Waals surface area contributed by atoms with Gasteiger partial charge < -0.3 is 8.85 Å². The van der Waals surface area contributed by atoms with Crippen molar-refractivity contribution in [2.75, 3.05) is 13.2 Å². The third-order valence-electron chi connectivity index (χ3n) is 2.73. The number of hydrogen-bond donors (Lipinski definition) is 0. The molecule has 0 aromatic carbocycles. The normalized spacial score (nSPS) is 14.4. The molecule has 0 bridgehead atoms. The van der Waals surface area contributed by atoms with Crippen molar-refractivity contribution in [2.24, 2.45) is 0 Å². The molecule has 1 atom stereocenters. The summed E-state index contributed by atoms with van der Waals surface area (Å²) in [4.78, 5) is 0. The molecule has 0 N–H and O–H groups in total. The summed E-state index contributed by atoms with van der Waals surface area (Å²) in [5, 5.41) is 0. The summed E-state index contributed by atoms with van der Waals surface area (Å²) >= 11 is 0. The van der Waals surface area contributed by atoms with Crippen LogP contribution in [-0.4, -0.2) is 21.8 Å². The standard InChI is InChI=1S/C11H26O2Si/c1-6-10-11(7-2)14(5,12-8-3)13-9-4/h11H,6-10H2,1-5H3. The Morgan fingerprint density at radius 2 is 1.50 bits per heavy atom. The highest BCUT2D eigenvalue weighted by Gasteiger charge is 2.38. The molecule has 0 heterocycles. The smallest absolute Gasteiger partial charge is 0.338 e. The fraction of sp³-hybridized carbons (Fsp3) is 1.00. The Morgan fingerprint density at radius 3 is 1.79 bits per heavy atom. The van der Waals surface area contributed by atoms with Crippen LogP contribution in [0.25, 0.3) is 0 Å². The summed E-state index contributed by atoms with van der Waals surface area (Å²) in [6.45, 7) is 12.4. The van der Waals surface area contributed by atoms with Gasteiger partial charge in [0.15, 0.2) is 0 Å². The lowest BCUT2D eigenvalue weighted by atomic mass is 10.2. The van der Waals surface area contributed by atoms with Crippen LogP contribution in [0.5, 0.6) is 0 Å². The Labute approximate surface area is 90.2 Å². The van der Waals surface area contributed by atoms with E-state index in [1.54, 1.807) is 0 Å². The maximum atomic E-state index is 5.89. The third kappa shape index (κ3) is 4.11. The lowest BCUT2D eigenvalue weighted by molar-refractivity contribution is 0.175. The fourth-order valence-electron chi connectivity index (χ4n) is 2.04. The average molecular weight is 218 g/mol. The highest BCUT2D eigenvalue weighted by atomic mass is 28.4. The van der Waals surface area contributed by atoms with Gasteiger partial charge in [-0.2, -0.15) is 0 Å². The van der Waals surface area contributed by atoms with Crippen LogP contribution >= 0.6 is 0 Å². The van der Waals surface area contributed by atoms with Gasteiger partial charge in [0.25, 0.3) is 0 Å². The zero-order chi connectivity index (χ0) is 11.0. The van der Waals surface area contributed by atoms with Crippen molar-refractivity contribution in [1.29, 1.82) is 0 Å². The molecule has 0 spiro atoms. The molecule has 2 nitrogen and oxygen atoms in total.